The first-order valence-electron chi connectivity index (χ1n) is 5.96. The smallest absolute Gasteiger partial charge is 0.237 e. The van der Waals surface area contributed by atoms with Crippen LogP contribution < -0.4 is 10.1 Å². The van der Waals surface area contributed by atoms with Crippen molar-refractivity contribution < 1.29 is 4.74 Å². The summed E-state index contributed by atoms with van der Waals surface area (Å²) in [6, 6.07) is 4.00. The molecule has 3 heterocycles. The van der Waals surface area contributed by atoms with Crippen LogP contribution in [-0.4, -0.2) is 21.5 Å². The minimum absolute atomic E-state index is 0.689. The Kier molecular flexibility index (Phi) is 3.43. The highest BCUT2D eigenvalue weighted by Gasteiger charge is 2.12. The molecule has 19 heavy (non-hydrogen) atoms. The Morgan fingerprint density at radius 3 is 2.95 bits per heavy atom. The third kappa shape index (κ3) is 2.45. The van der Waals surface area contributed by atoms with Gasteiger partial charge in [-0.3, -0.25) is 9.38 Å². The van der Waals surface area contributed by atoms with Crippen molar-refractivity contribution in [2.24, 2.45) is 0 Å². The van der Waals surface area contributed by atoms with Crippen LogP contribution >= 0.6 is 11.3 Å². The van der Waals surface area contributed by atoms with E-state index < -0.39 is 0 Å². The van der Waals surface area contributed by atoms with Crippen molar-refractivity contribution in [3.05, 3.63) is 47.4 Å². The van der Waals surface area contributed by atoms with E-state index in [1.165, 1.54) is 5.56 Å². The maximum absolute atomic E-state index is 5.32. The molecule has 0 unspecified atom stereocenters. The molecule has 0 spiro atoms. The SMILES string of the molecule is COc1nc2sccn2c1CNCc1ccncc1. The number of aromatic nitrogens is 3. The summed E-state index contributed by atoms with van der Waals surface area (Å²) in [4.78, 5) is 9.39. The summed E-state index contributed by atoms with van der Waals surface area (Å²) in [5.41, 5.74) is 2.26. The topological polar surface area (TPSA) is 51.5 Å². The van der Waals surface area contributed by atoms with Gasteiger partial charge in [0.25, 0.3) is 0 Å². The number of pyridine rings is 1. The number of hydrogen-bond donors (Lipinski definition) is 1. The number of hydrogen-bond acceptors (Lipinski definition) is 5. The Hall–Kier alpha value is -1.92. The highest BCUT2D eigenvalue weighted by molar-refractivity contribution is 7.15. The van der Waals surface area contributed by atoms with Gasteiger partial charge in [-0.2, -0.15) is 4.98 Å². The number of nitrogens with one attached hydrogen (secondary N) is 1. The van der Waals surface area contributed by atoms with Crippen molar-refractivity contribution in [1.82, 2.24) is 19.7 Å². The Balaban J connectivity index is 1.72. The fourth-order valence-electron chi connectivity index (χ4n) is 1.96. The van der Waals surface area contributed by atoms with E-state index in [-0.39, 0.29) is 0 Å². The first kappa shape index (κ1) is 12.1. The fourth-order valence-corrected chi connectivity index (χ4v) is 2.69. The van der Waals surface area contributed by atoms with E-state index in [9.17, 15) is 0 Å². The molecule has 0 aliphatic rings. The predicted molar refractivity (Wildman–Crippen MR) is 74.4 cm³/mol. The molecule has 0 aliphatic carbocycles. The van der Waals surface area contributed by atoms with E-state index in [2.05, 4.69) is 19.7 Å². The lowest BCUT2D eigenvalue weighted by molar-refractivity contribution is 0.393. The van der Waals surface area contributed by atoms with Gasteiger partial charge in [0, 0.05) is 37.1 Å². The summed E-state index contributed by atoms with van der Waals surface area (Å²) < 4.78 is 7.37. The maximum Gasteiger partial charge on any atom is 0.237 e. The third-order valence-electron chi connectivity index (χ3n) is 2.89. The van der Waals surface area contributed by atoms with Crippen molar-refractivity contribution in [2.45, 2.75) is 13.1 Å². The second-order valence-electron chi connectivity index (χ2n) is 4.08. The molecule has 6 heteroatoms. The molecule has 3 aromatic rings. The third-order valence-corrected chi connectivity index (χ3v) is 3.65. The van der Waals surface area contributed by atoms with E-state index in [1.807, 2.05) is 23.7 Å². The van der Waals surface area contributed by atoms with Crippen LogP contribution in [-0.2, 0) is 13.1 Å². The van der Waals surface area contributed by atoms with Gasteiger partial charge in [0.2, 0.25) is 5.88 Å². The highest BCUT2D eigenvalue weighted by Crippen LogP contribution is 2.22. The molecule has 98 valence electrons. The first-order chi connectivity index (χ1) is 9.38. The lowest BCUT2D eigenvalue weighted by atomic mass is 10.2. The van der Waals surface area contributed by atoms with E-state index >= 15 is 0 Å². The molecule has 0 aliphatic heterocycles. The van der Waals surface area contributed by atoms with Gasteiger partial charge in [0.1, 0.15) is 5.69 Å². The molecule has 0 aromatic carbocycles. The van der Waals surface area contributed by atoms with Crippen LogP contribution in [0.5, 0.6) is 5.88 Å². The average molecular weight is 274 g/mol. The van der Waals surface area contributed by atoms with Crippen molar-refractivity contribution in [2.75, 3.05) is 7.11 Å². The Morgan fingerprint density at radius 1 is 1.32 bits per heavy atom. The number of rotatable bonds is 5. The zero-order chi connectivity index (χ0) is 13.1. The number of methoxy groups -OCH3 is 1. The maximum atomic E-state index is 5.32. The van der Waals surface area contributed by atoms with Gasteiger partial charge < -0.3 is 10.1 Å². The largest absolute Gasteiger partial charge is 0.480 e. The normalized spacial score (nSPS) is 11.0. The van der Waals surface area contributed by atoms with Gasteiger partial charge in [0.05, 0.1) is 7.11 Å². The van der Waals surface area contributed by atoms with Crippen molar-refractivity contribution >= 4 is 16.3 Å². The molecule has 0 saturated heterocycles. The summed E-state index contributed by atoms with van der Waals surface area (Å²) in [6.45, 7) is 1.51. The van der Waals surface area contributed by atoms with Crippen LogP contribution in [0.3, 0.4) is 0 Å². The lowest BCUT2D eigenvalue weighted by Crippen LogP contribution is -2.14. The molecule has 0 radical (unpaired) electrons. The van der Waals surface area contributed by atoms with Crippen LogP contribution in [0, 0.1) is 0 Å². The van der Waals surface area contributed by atoms with Gasteiger partial charge in [-0.25, -0.2) is 0 Å². The van der Waals surface area contributed by atoms with Crippen molar-refractivity contribution in [3.8, 4) is 5.88 Å². The van der Waals surface area contributed by atoms with Gasteiger partial charge in [-0.05, 0) is 17.7 Å². The standard InChI is InChI=1S/C13H14N4OS/c1-18-12-11(17-6-7-19-13(17)16-12)9-15-8-10-2-4-14-5-3-10/h2-7,15H,8-9H2,1H3. The molecular formula is C13H14N4OS. The highest BCUT2D eigenvalue weighted by atomic mass is 32.1. The Bertz CT molecular complexity index is 662. The molecule has 0 atom stereocenters. The molecule has 0 saturated carbocycles. The number of imidazole rings is 1. The summed E-state index contributed by atoms with van der Waals surface area (Å²) in [5, 5.41) is 5.42. The number of fused-ring (bicyclic) bond motifs is 1. The fraction of sp³-hybridized carbons (Fsp3) is 0.231. The zero-order valence-corrected chi connectivity index (χ0v) is 11.4. The zero-order valence-electron chi connectivity index (χ0n) is 10.5. The molecule has 0 amide bonds. The molecule has 1 N–H and O–H groups in total. The summed E-state index contributed by atoms with van der Waals surface area (Å²) in [6.07, 6.45) is 5.61. The van der Waals surface area contributed by atoms with Crippen molar-refractivity contribution in [1.29, 1.82) is 0 Å². The number of nitrogens with zero attached hydrogens (tertiary/aromatic N) is 3. The van der Waals surface area contributed by atoms with Crippen LogP contribution in [0.15, 0.2) is 36.1 Å². The van der Waals surface area contributed by atoms with Crippen LogP contribution in [0.2, 0.25) is 0 Å². The van der Waals surface area contributed by atoms with E-state index in [0.29, 0.717) is 12.4 Å². The van der Waals surface area contributed by atoms with Gasteiger partial charge in [-0.1, -0.05) is 0 Å². The second kappa shape index (κ2) is 5.38. The minimum atomic E-state index is 0.689. The molecule has 0 bridgehead atoms. The van der Waals surface area contributed by atoms with Crippen LogP contribution in [0.25, 0.3) is 4.96 Å². The van der Waals surface area contributed by atoms with Gasteiger partial charge in [0.15, 0.2) is 4.96 Å². The first-order valence-corrected chi connectivity index (χ1v) is 6.84. The summed E-state index contributed by atoms with van der Waals surface area (Å²) in [5.74, 6) is 0.689. The average Bonchev–Trinajstić information content (AvgIpc) is 3.02. The Morgan fingerprint density at radius 2 is 2.16 bits per heavy atom. The summed E-state index contributed by atoms with van der Waals surface area (Å²) >= 11 is 1.60. The van der Waals surface area contributed by atoms with Crippen molar-refractivity contribution in [3.63, 3.8) is 0 Å². The summed E-state index contributed by atoms with van der Waals surface area (Å²) in [7, 11) is 1.65. The predicted octanol–water partition coefficient (Wildman–Crippen LogP) is 2.09. The van der Waals surface area contributed by atoms with E-state index in [0.717, 1.165) is 17.2 Å². The quantitative estimate of drug-likeness (QED) is 0.774. The van der Waals surface area contributed by atoms with Crippen LogP contribution in [0.1, 0.15) is 11.3 Å². The molecule has 3 rings (SSSR count). The second-order valence-corrected chi connectivity index (χ2v) is 4.96. The lowest BCUT2D eigenvalue weighted by Gasteiger charge is -2.05. The van der Waals surface area contributed by atoms with E-state index in [1.54, 1.807) is 30.8 Å². The number of ether oxygens (including phenoxy) is 1. The van der Waals surface area contributed by atoms with Gasteiger partial charge >= 0.3 is 0 Å². The Labute approximate surface area is 114 Å². The minimum Gasteiger partial charge on any atom is -0.480 e. The van der Waals surface area contributed by atoms with E-state index in [4.69, 9.17) is 4.74 Å². The molecule has 5 nitrogen and oxygen atoms in total. The number of thiazole rings is 1. The molecule has 0 fully saturated rings. The van der Waals surface area contributed by atoms with Gasteiger partial charge in [-0.15, -0.1) is 11.3 Å². The molecular weight excluding hydrogens is 260 g/mol. The monoisotopic (exact) mass is 274 g/mol. The van der Waals surface area contributed by atoms with Crippen LogP contribution in [0.4, 0.5) is 0 Å². The molecule has 3 aromatic heterocycles.